The van der Waals surface area contributed by atoms with Crippen LogP contribution in [-0.4, -0.2) is 36.4 Å². The number of rotatable bonds is 2. The molecule has 7 unspecified atom stereocenters. The lowest BCUT2D eigenvalue weighted by Gasteiger charge is -2.67. The number of carbonyl (C=O) groups excluding carboxylic acids is 3. The second-order valence-corrected chi connectivity index (χ2v) is 14.4. The van der Waals surface area contributed by atoms with Crippen LogP contribution >= 0.6 is 0 Å². The number of hydrogen-bond donors (Lipinski definition) is 1. The van der Waals surface area contributed by atoms with Gasteiger partial charge in [-0.3, -0.25) is 14.4 Å². The van der Waals surface area contributed by atoms with E-state index < -0.39 is 10.8 Å². The van der Waals surface area contributed by atoms with Crippen molar-refractivity contribution in [1.82, 2.24) is 0 Å². The predicted octanol–water partition coefficient (Wildman–Crippen LogP) is 5.46. The van der Waals surface area contributed by atoms with Crippen molar-refractivity contribution in [1.29, 1.82) is 0 Å². The normalized spacial score (nSPS) is 44.8. The molecule has 5 nitrogen and oxygen atoms in total. The predicted molar refractivity (Wildman–Crippen MR) is 138 cm³/mol. The van der Waals surface area contributed by atoms with Gasteiger partial charge in [-0.1, -0.05) is 53.2 Å². The molecule has 0 amide bonds. The third-order valence-corrected chi connectivity index (χ3v) is 12.1. The number of fused-ring (bicyclic) bond motifs is 7. The standard InChI is InChI=1S/C31H44O5/c1-27(2)10-12-31(26(35)36-7)13-11-30(6)24(22(31)16-27)23(33)15-21-19-14-18(17-32)25(34)28(3,4)20(19)8-9-29(21,30)5/h14-15,19-20,22,24,32H,8-13,16-17H2,1-7H3. The fraction of sp³-hybridized carbons (Fsp3) is 0.774. The van der Waals surface area contributed by atoms with Gasteiger partial charge in [0.15, 0.2) is 11.6 Å². The van der Waals surface area contributed by atoms with E-state index in [0.29, 0.717) is 5.57 Å². The fourth-order valence-electron chi connectivity index (χ4n) is 9.64. The molecule has 36 heavy (non-hydrogen) atoms. The lowest BCUT2D eigenvalue weighted by atomic mass is 9.36. The van der Waals surface area contributed by atoms with Crippen molar-refractivity contribution in [2.75, 3.05) is 13.7 Å². The molecule has 0 aromatic heterocycles. The summed E-state index contributed by atoms with van der Waals surface area (Å²) in [6, 6.07) is 0. The van der Waals surface area contributed by atoms with Gasteiger partial charge in [0.25, 0.3) is 0 Å². The zero-order chi connectivity index (χ0) is 26.5. The van der Waals surface area contributed by atoms with Gasteiger partial charge in [-0.2, -0.15) is 0 Å². The minimum absolute atomic E-state index is 0.0181. The van der Waals surface area contributed by atoms with Gasteiger partial charge in [0.2, 0.25) is 0 Å². The molecule has 0 bridgehead atoms. The van der Waals surface area contributed by atoms with Crippen LogP contribution in [0.5, 0.6) is 0 Å². The first kappa shape index (κ1) is 25.9. The van der Waals surface area contributed by atoms with E-state index >= 15 is 0 Å². The Balaban J connectivity index is 1.66. The topological polar surface area (TPSA) is 80.7 Å². The van der Waals surface area contributed by atoms with Gasteiger partial charge >= 0.3 is 5.97 Å². The number of hydrogen-bond acceptors (Lipinski definition) is 5. The summed E-state index contributed by atoms with van der Waals surface area (Å²) in [5.41, 5.74) is 0.0864. The Morgan fingerprint density at radius 1 is 1.00 bits per heavy atom. The average molecular weight is 497 g/mol. The van der Waals surface area contributed by atoms with Gasteiger partial charge in [0.05, 0.1) is 19.1 Å². The van der Waals surface area contributed by atoms with Crippen LogP contribution in [0, 0.1) is 50.7 Å². The zero-order valence-corrected chi connectivity index (χ0v) is 23.2. The molecule has 7 atom stereocenters. The largest absolute Gasteiger partial charge is 0.469 e. The van der Waals surface area contributed by atoms with Gasteiger partial charge in [0.1, 0.15) is 0 Å². The van der Waals surface area contributed by atoms with Crippen molar-refractivity contribution in [3.63, 3.8) is 0 Å². The van der Waals surface area contributed by atoms with Crippen molar-refractivity contribution < 1.29 is 24.2 Å². The molecule has 0 aliphatic heterocycles. The summed E-state index contributed by atoms with van der Waals surface area (Å²) in [5.74, 6) is -0.0875. The van der Waals surface area contributed by atoms with E-state index in [0.717, 1.165) is 50.5 Å². The molecule has 5 aliphatic rings. The quantitative estimate of drug-likeness (QED) is 0.514. The highest BCUT2D eigenvalue weighted by atomic mass is 16.5. The van der Waals surface area contributed by atoms with Crippen molar-refractivity contribution in [3.05, 3.63) is 23.3 Å². The Labute approximate surface area is 216 Å². The average Bonchev–Trinajstić information content (AvgIpc) is 2.81. The molecule has 5 heteroatoms. The summed E-state index contributed by atoms with van der Waals surface area (Å²) in [5, 5.41) is 10.00. The molecule has 0 spiro atoms. The minimum atomic E-state index is -0.577. The summed E-state index contributed by atoms with van der Waals surface area (Å²) in [6.45, 7) is 12.9. The van der Waals surface area contributed by atoms with E-state index in [1.54, 1.807) is 0 Å². The van der Waals surface area contributed by atoms with Crippen molar-refractivity contribution >= 4 is 17.5 Å². The van der Waals surface area contributed by atoms with Crippen LogP contribution in [0.1, 0.15) is 86.5 Å². The summed E-state index contributed by atoms with van der Waals surface area (Å²) >= 11 is 0. The maximum absolute atomic E-state index is 14.2. The Morgan fingerprint density at radius 2 is 1.67 bits per heavy atom. The van der Waals surface area contributed by atoms with E-state index in [9.17, 15) is 19.5 Å². The molecule has 5 rings (SSSR count). The number of carbonyl (C=O) groups is 3. The van der Waals surface area contributed by atoms with Crippen LogP contribution in [0.25, 0.3) is 0 Å². The zero-order valence-electron chi connectivity index (χ0n) is 23.2. The number of allylic oxidation sites excluding steroid dienone is 3. The lowest BCUT2D eigenvalue weighted by Crippen LogP contribution is -2.64. The first-order valence-corrected chi connectivity index (χ1v) is 13.9. The number of methoxy groups -OCH3 is 1. The second kappa shape index (κ2) is 7.88. The Kier molecular flexibility index (Phi) is 5.66. The maximum atomic E-state index is 14.2. The van der Waals surface area contributed by atoms with Crippen LogP contribution in [0.4, 0.5) is 0 Å². The van der Waals surface area contributed by atoms with E-state index in [1.165, 1.54) is 7.11 Å². The van der Waals surface area contributed by atoms with Crippen LogP contribution < -0.4 is 0 Å². The third-order valence-electron chi connectivity index (χ3n) is 12.1. The highest BCUT2D eigenvalue weighted by molar-refractivity contribution is 6.01. The molecular weight excluding hydrogens is 452 g/mol. The van der Waals surface area contributed by atoms with Gasteiger partial charge in [-0.15, -0.1) is 0 Å². The molecule has 0 aromatic rings. The number of aliphatic hydroxyl groups excluding tert-OH is 1. The second-order valence-electron chi connectivity index (χ2n) is 14.4. The van der Waals surface area contributed by atoms with E-state index in [4.69, 9.17) is 4.74 Å². The molecule has 1 N–H and O–H groups in total. The third kappa shape index (κ3) is 3.13. The summed E-state index contributed by atoms with van der Waals surface area (Å²) in [7, 11) is 1.49. The Morgan fingerprint density at radius 3 is 2.31 bits per heavy atom. The van der Waals surface area contributed by atoms with Gasteiger partial charge < -0.3 is 9.84 Å². The van der Waals surface area contributed by atoms with Crippen LogP contribution in [0.15, 0.2) is 23.3 Å². The number of Topliss-reactive ketones (excluding diaryl/α,β-unsaturated/α-hetero) is 1. The Hall–Kier alpha value is -1.75. The van der Waals surface area contributed by atoms with Gasteiger partial charge in [0, 0.05) is 22.8 Å². The van der Waals surface area contributed by atoms with Crippen LogP contribution in [0.3, 0.4) is 0 Å². The van der Waals surface area contributed by atoms with Gasteiger partial charge in [-0.25, -0.2) is 0 Å². The van der Waals surface area contributed by atoms with Crippen molar-refractivity contribution in [2.45, 2.75) is 86.5 Å². The number of esters is 1. The number of ketones is 2. The minimum Gasteiger partial charge on any atom is -0.469 e. The molecule has 3 fully saturated rings. The van der Waals surface area contributed by atoms with Gasteiger partial charge in [-0.05, 0) is 79.1 Å². The lowest BCUT2D eigenvalue weighted by molar-refractivity contribution is -0.189. The molecular formula is C31H44O5. The number of ether oxygens (including phenoxy) is 1. The highest BCUT2D eigenvalue weighted by Crippen LogP contribution is 2.72. The molecule has 0 saturated heterocycles. The highest BCUT2D eigenvalue weighted by Gasteiger charge is 2.69. The van der Waals surface area contributed by atoms with E-state index in [1.807, 2.05) is 26.0 Å². The monoisotopic (exact) mass is 496 g/mol. The fourth-order valence-corrected chi connectivity index (χ4v) is 9.64. The summed E-state index contributed by atoms with van der Waals surface area (Å²) in [6.07, 6.45) is 9.93. The molecule has 0 aromatic carbocycles. The van der Waals surface area contributed by atoms with E-state index in [-0.39, 0.29) is 64.1 Å². The summed E-state index contributed by atoms with van der Waals surface area (Å²) in [4.78, 5) is 40.7. The molecule has 5 aliphatic carbocycles. The molecule has 3 saturated carbocycles. The SMILES string of the molecule is COC(=O)C12CCC(C)(C)CC1C1C(=O)C=C3C4C=C(CO)C(=O)C(C)(C)C4CCC3(C)C1(C)CC2. The smallest absolute Gasteiger partial charge is 0.312 e. The van der Waals surface area contributed by atoms with Crippen molar-refractivity contribution in [3.8, 4) is 0 Å². The first-order chi connectivity index (χ1) is 16.7. The molecule has 198 valence electrons. The number of aliphatic hydroxyl groups is 1. The summed E-state index contributed by atoms with van der Waals surface area (Å²) < 4.78 is 5.40. The first-order valence-electron chi connectivity index (χ1n) is 13.9. The Bertz CT molecular complexity index is 1080. The van der Waals surface area contributed by atoms with Crippen LogP contribution in [0.2, 0.25) is 0 Å². The van der Waals surface area contributed by atoms with Crippen LogP contribution in [-0.2, 0) is 19.1 Å². The van der Waals surface area contributed by atoms with Crippen molar-refractivity contribution in [2.24, 2.45) is 50.7 Å². The molecule has 0 radical (unpaired) electrons. The van der Waals surface area contributed by atoms with E-state index in [2.05, 4.69) is 27.7 Å². The molecule has 0 heterocycles. The maximum Gasteiger partial charge on any atom is 0.312 e.